The molecule has 0 unspecified atom stereocenters. The molecular formula is C11H11BrOS. The van der Waals surface area contributed by atoms with Gasteiger partial charge in [0.1, 0.15) is 0 Å². The van der Waals surface area contributed by atoms with Gasteiger partial charge in [0.15, 0.2) is 5.78 Å². The molecule has 0 spiro atoms. The SMILES string of the molecule is O=C(C1=CCCCC1)c1ccc(Br)s1. The minimum atomic E-state index is 0.223. The summed E-state index contributed by atoms with van der Waals surface area (Å²) in [7, 11) is 0. The molecule has 14 heavy (non-hydrogen) atoms. The third-order valence-corrected chi connectivity index (χ3v) is 4.00. The highest BCUT2D eigenvalue weighted by Gasteiger charge is 2.15. The Balaban J connectivity index is 2.19. The fourth-order valence-corrected chi connectivity index (χ4v) is 3.00. The Bertz CT molecular complexity index is 378. The molecule has 1 aromatic rings. The maximum atomic E-state index is 11.9. The van der Waals surface area contributed by atoms with Gasteiger partial charge >= 0.3 is 0 Å². The van der Waals surface area contributed by atoms with Crippen LogP contribution >= 0.6 is 27.3 Å². The highest BCUT2D eigenvalue weighted by atomic mass is 79.9. The molecule has 3 heteroatoms. The van der Waals surface area contributed by atoms with Crippen LogP contribution in [0.5, 0.6) is 0 Å². The molecule has 0 saturated heterocycles. The summed E-state index contributed by atoms with van der Waals surface area (Å²) in [4.78, 5) is 12.8. The summed E-state index contributed by atoms with van der Waals surface area (Å²) in [6.07, 6.45) is 6.50. The van der Waals surface area contributed by atoms with Gasteiger partial charge < -0.3 is 0 Å². The lowest BCUT2D eigenvalue weighted by molar-refractivity contribution is 0.103. The Kier molecular flexibility index (Phi) is 3.19. The quantitative estimate of drug-likeness (QED) is 0.737. The molecule has 0 N–H and O–H groups in total. The number of Topliss-reactive ketones (excluding diaryl/α,β-unsaturated/α-hetero) is 1. The lowest BCUT2D eigenvalue weighted by atomic mass is 9.96. The van der Waals surface area contributed by atoms with Crippen molar-refractivity contribution in [1.82, 2.24) is 0 Å². The zero-order valence-electron chi connectivity index (χ0n) is 7.75. The zero-order chi connectivity index (χ0) is 9.97. The Labute approximate surface area is 96.0 Å². The topological polar surface area (TPSA) is 17.1 Å². The third kappa shape index (κ3) is 2.15. The second kappa shape index (κ2) is 4.41. The lowest BCUT2D eigenvalue weighted by Crippen LogP contribution is -2.04. The second-order valence-corrected chi connectivity index (χ2v) is 5.87. The number of hydrogen-bond donors (Lipinski definition) is 0. The van der Waals surface area contributed by atoms with Crippen LogP contribution < -0.4 is 0 Å². The number of halogens is 1. The number of thiophene rings is 1. The first-order chi connectivity index (χ1) is 6.77. The van der Waals surface area contributed by atoms with E-state index in [1.807, 2.05) is 12.1 Å². The summed E-state index contributed by atoms with van der Waals surface area (Å²) in [6.45, 7) is 0. The molecule has 0 radical (unpaired) electrons. The van der Waals surface area contributed by atoms with Crippen molar-refractivity contribution in [2.75, 3.05) is 0 Å². The molecule has 0 aliphatic heterocycles. The van der Waals surface area contributed by atoms with Crippen molar-refractivity contribution >= 4 is 33.0 Å². The van der Waals surface area contributed by atoms with Gasteiger partial charge in [0.05, 0.1) is 8.66 Å². The minimum Gasteiger partial charge on any atom is -0.288 e. The normalized spacial score (nSPS) is 16.5. The van der Waals surface area contributed by atoms with E-state index in [-0.39, 0.29) is 5.78 Å². The molecule has 0 amide bonds. The van der Waals surface area contributed by atoms with Crippen molar-refractivity contribution in [2.45, 2.75) is 25.7 Å². The standard InChI is InChI=1S/C11H11BrOS/c12-10-7-6-9(14-10)11(13)8-4-2-1-3-5-8/h4,6-7H,1-3,5H2. The molecule has 0 bridgehead atoms. The maximum absolute atomic E-state index is 11.9. The summed E-state index contributed by atoms with van der Waals surface area (Å²) in [6, 6.07) is 3.83. The van der Waals surface area contributed by atoms with Crippen molar-refractivity contribution in [2.24, 2.45) is 0 Å². The van der Waals surface area contributed by atoms with Gasteiger partial charge in [-0.05, 0) is 59.3 Å². The van der Waals surface area contributed by atoms with E-state index in [4.69, 9.17) is 0 Å². The summed E-state index contributed by atoms with van der Waals surface area (Å²) in [5.74, 6) is 0.223. The number of ketones is 1. The Morgan fingerprint density at radius 3 is 2.79 bits per heavy atom. The van der Waals surface area contributed by atoms with Gasteiger partial charge in [0, 0.05) is 0 Å². The molecule has 0 aromatic carbocycles. The van der Waals surface area contributed by atoms with Crippen molar-refractivity contribution in [3.63, 3.8) is 0 Å². The van der Waals surface area contributed by atoms with E-state index in [2.05, 4.69) is 22.0 Å². The molecule has 2 rings (SSSR count). The Hall–Kier alpha value is -0.410. The monoisotopic (exact) mass is 270 g/mol. The molecular weight excluding hydrogens is 260 g/mol. The highest BCUT2D eigenvalue weighted by molar-refractivity contribution is 9.11. The Morgan fingerprint density at radius 1 is 1.36 bits per heavy atom. The molecule has 1 nitrogen and oxygen atoms in total. The van der Waals surface area contributed by atoms with Gasteiger partial charge in [-0.1, -0.05) is 6.08 Å². The van der Waals surface area contributed by atoms with Gasteiger partial charge in [0.25, 0.3) is 0 Å². The van der Waals surface area contributed by atoms with Crippen molar-refractivity contribution in [1.29, 1.82) is 0 Å². The average molecular weight is 271 g/mol. The van der Waals surface area contributed by atoms with E-state index in [1.54, 1.807) is 0 Å². The van der Waals surface area contributed by atoms with Gasteiger partial charge in [-0.3, -0.25) is 4.79 Å². The van der Waals surface area contributed by atoms with Gasteiger partial charge in [-0.2, -0.15) is 0 Å². The fourth-order valence-electron chi connectivity index (χ4n) is 1.64. The largest absolute Gasteiger partial charge is 0.288 e. The predicted molar refractivity (Wildman–Crippen MR) is 62.9 cm³/mol. The van der Waals surface area contributed by atoms with E-state index in [9.17, 15) is 4.79 Å². The smallest absolute Gasteiger partial charge is 0.198 e. The molecule has 1 aliphatic carbocycles. The van der Waals surface area contributed by atoms with Crippen LogP contribution in [0.3, 0.4) is 0 Å². The first-order valence-corrected chi connectivity index (χ1v) is 6.37. The number of rotatable bonds is 2. The number of carbonyl (C=O) groups is 1. The molecule has 1 aromatic heterocycles. The highest BCUT2D eigenvalue weighted by Crippen LogP contribution is 2.27. The molecule has 0 saturated carbocycles. The van der Waals surface area contributed by atoms with Gasteiger partial charge in [0.2, 0.25) is 0 Å². The molecule has 74 valence electrons. The number of hydrogen-bond acceptors (Lipinski definition) is 2. The van der Waals surface area contributed by atoms with Crippen LogP contribution in [0.2, 0.25) is 0 Å². The third-order valence-electron chi connectivity index (χ3n) is 2.38. The molecule has 1 aliphatic rings. The first kappa shape index (κ1) is 10.1. The van der Waals surface area contributed by atoms with Crippen LogP contribution in [-0.4, -0.2) is 5.78 Å². The average Bonchev–Trinajstić information content (AvgIpc) is 2.65. The van der Waals surface area contributed by atoms with E-state index < -0.39 is 0 Å². The van der Waals surface area contributed by atoms with Crippen LogP contribution in [0.1, 0.15) is 35.4 Å². The summed E-state index contributed by atoms with van der Waals surface area (Å²) >= 11 is 4.89. The van der Waals surface area contributed by atoms with E-state index in [0.29, 0.717) is 0 Å². The van der Waals surface area contributed by atoms with E-state index in [0.717, 1.165) is 33.5 Å². The maximum Gasteiger partial charge on any atom is 0.198 e. The van der Waals surface area contributed by atoms with E-state index in [1.165, 1.54) is 17.8 Å². The number of allylic oxidation sites excluding steroid dienone is 2. The fraction of sp³-hybridized carbons (Fsp3) is 0.364. The van der Waals surface area contributed by atoms with Crippen molar-refractivity contribution < 1.29 is 4.79 Å². The molecule has 0 atom stereocenters. The number of carbonyl (C=O) groups excluding carboxylic acids is 1. The van der Waals surface area contributed by atoms with Crippen LogP contribution in [0.4, 0.5) is 0 Å². The lowest BCUT2D eigenvalue weighted by Gasteiger charge is -2.09. The van der Waals surface area contributed by atoms with Crippen LogP contribution in [0.25, 0.3) is 0 Å². The molecule has 1 heterocycles. The molecule has 0 fully saturated rings. The summed E-state index contributed by atoms with van der Waals surface area (Å²) < 4.78 is 1.03. The van der Waals surface area contributed by atoms with Gasteiger partial charge in [-0.25, -0.2) is 0 Å². The first-order valence-electron chi connectivity index (χ1n) is 4.76. The Morgan fingerprint density at radius 2 is 2.21 bits per heavy atom. The second-order valence-electron chi connectivity index (χ2n) is 3.41. The zero-order valence-corrected chi connectivity index (χ0v) is 10.2. The van der Waals surface area contributed by atoms with Crippen molar-refractivity contribution in [3.8, 4) is 0 Å². The summed E-state index contributed by atoms with van der Waals surface area (Å²) in [5.41, 5.74) is 1.01. The minimum absolute atomic E-state index is 0.223. The van der Waals surface area contributed by atoms with Gasteiger partial charge in [-0.15, -0.1) is 11.3 Å². The van der Waals surface area contributed by atoms with Crippen LogP contribution in [0.15, 0.2) is 27.6 Å². The van der Waals surface area contributed by atoms with Crippen molar-refractivity contribution in [3.05, 3.63) is 32.4 Å². The van der Waals surface area contributed by atoms with E-state index >= 15 is 0 Å². The van der Waals surface area contributed by atoms with Crippen LogP contribution in [-0.2, 0) is 0 Å². The van der Waals surface area contributed by atoms with Crippen LogP contribution in [0, 0.1) is 0 Å². The predicted octanol–water partition coefficient (Wildman–Crippen LogP) is 4.19. The summed E-state index contributed by atoms with van der Waals surface area (Å²) in [5, 5.41) is 0.